The van der Waals surface area contributed by atoms with Gasteiger partial charge in [0.05, 0.1) is 44.1 Å². The minimum atomic E-state index is -4.10. The maximum absolute atomic E-state index is 12.7. The molecule has 0 radical (unpaired) electrons. The molecular weight excluding hydrogens is 513 g/mol. The van der Waals surface area contributed by atoms with E-state index in [1.54, 1.807) is 26.3 Å². The van der Waals surface area contributed by atoms with E-state index in [0.29, 0.717) is 23.5 Å². The Hall–Kier alpha value is -2.83. The summed E-state index contributed by atoms with van der Waals surface area (Å²) in [6.07, 6.45) is 3.20. The van der Waals surface area contributed by atoms with Gasteiger partial charge in [-0.25, -0.2) is 9.78 Å². The number of carbonyl (C=O) groups is 1. The van der Waals surface area contributed by atoms with Crippen LogP contribution in [-0.4, -0.2) is 81.7 Å². The number of aromatic nitrogens is 4. The van der Waals surface area contributed by atoms with Gasteiger partial charge < -0.3 is 34.1 Å². The quantitative estimate of drug-likeness (QED) is 0.188. The van der Waals surface area contributed by atoms with Crippen molar-refractivity contribution in [2.75, 3.05) is 37.6 Å². The van der Waals surface area contributed by atoms with E-state index in [0.717, 1.165) is 0 Å². The number of nitrogens with one attached hydrogen (secondary N) is 1. The van der Waals surface area contributed by atoms with Gasteiger partial charge in [0.15, 0.2) is 17.0 Å². The van der Waals surface area contributed by atoms with E-state index in [1.165, 1.54) is 6.08 Å². The summed E-state index contributed by atoms with van der Waals surface area (Å²) in [6.45, 7) is 13.2. The predicted octanol–water partition coefficient (Wildman–Crippen LogP) is 1.94. The molecular formula is C24H38N7O6P. The van der Waals surface area contributed by atoms with Crippen LogP contribution in [0.5, 0.6) is 0 Å². The highest BCUT2D eigenvalue weighted by molar-refractivity contribution is 7.52. The summed E-state index contributed by atoms with van der Waals surface area (Å²) in [5, 5.41) is 2.67. The van der Waals surface area contributed by atoms with Crippen LogP contribution in [0.25, 0.3) is 11.2 Å². The molecule has 1 aliphatic heterocycles. The molecule has 14 heteroatoms. The molecule has 1 unspecified atom stereocenters. The average molecular weight is 552 g/mol. The summed E-state index contributed by atoms with van der Waals surface area (Å²) in [5.41, 5.74) is 7.14. The summed E-state index contributed by atoms with van der Waals surface area (Å²) < 4.78 is 31.3. The number of anilines is 2. The molecule has 0 saturated carbocycles. The van der Waals surface area contributed by atoms with Crippen molar-refractivity contribution < 1.29 is 28.3 Å². The van der Waals surface area contributed by atoms with E-state index in [4.69, 9.17) is 19.7 Å². The topological polar surface area (TPSA) is 167 Å². The summed E-state index contributed by atoms with van der Waals surface area (Å²) in [5.74, 6) is 0.0709. The second kappa shape index (κ2) is 12.4. The van der Waals surface area contributed by atoms with E-state index in [1.807, 2.05) is 30.5 Å². The van der Waals surface area contributed by atoms with Gasteiger partial charge in [0, 0.05) is 20.0 Å². The van der Waals surface area contributed by atoms with E-state index >= 15 is 0 Å². The lowest BCUT2D eigenvalue weighted by Crippen LogP contribution is -2.38. The minimum absolute atomic E-state index is 0.0261. The molecule has 38 heavy (non-hydrogen) atoms. The number of hydrogen-bond donors (Lipinski definition) is 3. The number of hydrogen-bond acceptors (Lipinski definition) is 11. The zero-order valence-corrected chi connectivity index (χ0v) is 23.4. The van der Waals surface area contributed by atoms with Gasteiger partial charge in [-0.1, -0.05) is 19.1 Å². The lowest BCUT2D eigenvalue weighted by Gasteiger charge is -2.21. The molecule has 0 spiro atoms. The zero-order valence-electron chi connectivity index (χ0n) is 22.5. The number of imidazole rings is 1. The third kappa shape index (κ3) is 6.97. The van der Waals surface area contributed by atoms with Gasteiger partial charge in [0.25, 0.3) is 0 Å². The first kappa shape index (κ1) is 29.7. The van der Waals surface area contributed by atoms with Crippen LogP contribution in [-0.2, 0) is 29.9 Å². The van der Waals surface area contributed by atoms with Crippen LogP contribution < -0.4 is 16.0 Å². The summed E-state index contributed by atoms with van der Waals surface area (Å²) >= 11 is 0. The van der Waals surface area contributed by atoms with Gasteiger partial charge in [-0.05, 0) is 19.8 Å². The van der Waals surface area contributed by atoms with Crippen LogP contribution in [0, 0.1) is 11.8 Å². The fraction of sp³-hybridized carbons (Fsp3) is 0.583. The first-order valence-corrected chi connectivity index (χ1v) is 14.1. The standard InChI is InChI=1S/C24H38N7O6P/c1-8-16-15(5)18(10-31-12-26-20-21(30(6)7)28-24(25)29-22(20)31)37-19(16)11-35-38(33,34)13-27-17(9-2)23(32)36-14(3)4/h8-9,12,14-19,27H,1-2,10-11,13H2,3-7H3,(H,33,34)(H2,25,28,29)/t15-,16-,17-,18-,19+/m0/s1. The number of fused-ring (bicyclic) bond motifs is 1. The van der Waals surface area contributed by atoms with Crippen LogP contribution in [0.2, 0.25) is 0 Å². The number of ether oxygens (including phenoxy) is 2. The molecule has 3 rings (SSSR count). The van der Waals surface area contributed by atoms with E-state index < -0.39 is 32.0 Å². The van der Waals surface area contributed by atoms with Gasteiger partial charge in [-0.2, -0.15) is 9.97 Å². The molecule has 4 N–H and O–H groups in total. The maximum Gasteiger partial charge on any atom is 0.341 e. The number of nitrogen functional groups attached to an aromatic ring is 1. The molecule has 0 bridgehead atoms. The Morgan fingerprint density at radius 1 is 1.37 bits per heavy atom. The van der Waals surface area contributed by atoms with Gasteiger partial charge in [-0.15, -0.1) is 13.2 Å². The van der Waals surface area contributed by atoms with Crippen LogP contribution in [0.15, 0.2) is 31.6 Å². The fourth-order valence-corrected chi connectivity index (χ4v) is 5.25. The first-order valence-electron chi connectivity index (χ1n) is 12.3. The van der Waals surface area contributed by atoms with Crippen molar-refractivity contribution in [1.29, 1.82) is 0 Å². The molecule has 0 amide bonds. The van der Waals surface area contributed by atoms with Crippen molar-refractivity contribution >= 4 is 36.5 Å². The van der Waals surface area contributed by atoms with E-state index in [9.17, 15) is 14.3 Å². The average Bonchev–Trinajstić information content (AvgIpc) is 3.37. The van der Waals surface area contributed by atoms with Crippen molar-refractivity contribution in [3.8, 4) is 0 Å². The third-order valence-corrected chi connectivity index (χ3v) is 7.44. The molecule has 0 aromatic carbocycles. The van der Waals surface area contributed by atoms with Gasteiger partial charge >= 0.3 is 13.6 Å². The molecule has 210 valence electrons. The maximum atomic E-state index is 12.7. The molecule has 1 aliphatic rings. The number of carbonyl (C=O) groups excluding carboxylic acids is 1. The van der Waals surface area contributed by atoms with Crippen molar-refractivity contribution in [2.24, 2.45) is 11.8 Å². The Morgan fingerprint density at radius 3 is 2.68 bits per heavy atom. The van der Waals surface area contributed by atoms with Gasteiger partial charge in [0.2, 0.25) is 5.95 Å². The second-order valence-electron chi connectivity index (χ2n) is 9.75. The van der Waals surface area contributed by atoms with Crippen molar-refractivity contribution in [3.63, 3.8) is 0 Å². The predicted molar refractivity (Wildman–Crippen MR) is 145 cm³/mol. The highest BCUT2D eigenvalue weighted by Crippen LogP contribution is 2.43. The summed E-state index contributed by atoms with van der Waals surface area (Å²) in [7, 11) is -0.398. The highest BCUT2D eigenvalue weighted by Gasteiger charge is 2.41. The monoisotopic (exact) mass is 551 g/mol. The molecule has 6 atom stereocenters. The summed E-state index contributed by atoms with van der Waals surface area (Å²) in [6, 6.07) is -0.939. The van der Waals surface area contributed by atoms with Gasteiger partial charge in [0.1, 0.15) is 6.04 Å². The number of nitrogens with two attached hydrogens (primary N) is 1. The Labute approximate surface area is 222 Å². The lowest BCUT2D eigenvalue weighted by atomic mass is 9.89. The molecule has 0 aliphatic carbocycles. The Kier molecular flexibility index (Phi) is 9.66. The first-order chi connectivity index (χ1) is 17.9. The zero-order chi connectivity index (χ0) is 28.2. The number of nitrogens with zero attached hydrogens (tertiary/aromatic N) is 5. The Balaban J connectivity index is 1.65. The van der Waals surface area contributed by atoms with Crippen LogP contribution >= 0.6 is 7.60 Å². The third-order valence-electron chi connectivity index (χ3n) is 6.30. The smallest absolute Gasteiger partial charge is 0.341 e. The molecule has 13 nitrogen and oxygen atoms in total. The second-order valence-corrected chi connectivity index (χ2v) is 11.6. The van der Waals surface area contributed by atoms with Crippen LogP contribution in [0.3, 0.4) is 0 Å². The molecule has 1 saturated heterocycles. The van der Waals surface area contributed by atoms with Crippen LogP contribution in [0.4, 0.5) is 11.8 Å². The SMILES string of the molecule is C=C[C@H]1[C@H](C)[C@H](Cn2cnc3c(N(C)C)nc(N)nc32)O[C@@H]1COP(=O)(O)CN[C@@H](C=C)C(=O)OC(C)C. The molecule has 2 aromatic rings. The Bertz CT molecular complexity index is 1200. The number of esters is 1. The van der Waals surface area contributed by atoms with E-state index in [2.05, 4.69) is 33.4 Å². The minimum Gasteiger partial charge on any atom is -0.462 e. The Morgan fingerprint density at radius 2 is 2.08 bits per heavy atom. The fourth-order valence-electron chi connectivity index (χ4n) is 4.35. The van der Waals surface area contributed by atoms with Crippen molar-refractivity contribution in [2.45, 2.75) is 51.7 Å². The largest absolute Gasteiger partial charge is 0.462 e. The molecule has 1 fully saturated rings. The highest BCUT2D eigenvalue weighted by atomic mass is 31.2. The van der Waals surface area contributed by atoms with Gasteiger partial charge in [-0.3, -0.25) is 9.88 Å². The van der Waals surface area contributed by atoms with Crippen LogP contribution in [0.1, 0.15) is 20.8 Å². The van der Waals surface area contributed by atoms with Crippen molar-refractivity contribution in [1.82, 2.24) is 24.8 Å². The molecule has 3 heterocycles. The van der Waals surface area contributed by atoms with E-state index in [-0.39, 0.29) is 36.6 Å². The summed E-state index contributed by atoms with van der Waals surface area (Å²) in [4.78, 5) is 37.4. The molecule has 2 aromatic heterocycles. The normalized spacial score (nSPS) is 23.8. The van der Waals surface area contributed by atoms with Crippen molar-refractivity contribution in [3.05, 3.63) is 31.6 Å². The lowest BCUT2D eigenvalue weighted by molar-refractivity contribution is -0.148. The number of rotatable bonds is 13.